The van der Waals surface area contributed by atoms with Crippen LogP contribution in [0.1, 0.15) is 146 Å². The van der Waals surface area contributed by atoms with Crippen LogP contribution in [0.2, 0.25) is 0 Å². The topological polar surface area (TPSA) is 239 Å². The van der Waals surface area contributed by atoms with Crippen molar-refractivity contribution in [3.8, 4) is 45.8 Å². The lowest BCUT2D eigenvalue weighted by Crippen LogP contribution is -2.59. The molecule has 6 fully saturated rings. The minimum atomic E-state index is -2.02. The number of thiazole rings is 1. The Labute approximate surface area is 562 Å². The number of carbonyl (C=O) groups excluding carboxylic acids is 5. The molecular formula is C72H87F3N12O8S. The van der Waals surface area contributed by atoms with Crippen LogP contribution in [0.5, 0.6) is 11.8 Å². The van der Waals surface area contributed by atoms with Crippen molar-refractivity contribution in [1.82, 2.24) is 55.5 Å². The molecule has 3 aromatic carbocycles. The normalized spacial score (nSPS) is 21.6. The number of terminal acetylenes is 1. The van der Waals surface area contributed by atoms with E-state index in [2.05, 4.69) is 46.6 Å². The number of alkyl halides is 1. The zero-order chi connectivity index (χ0) is 67.6. The number of nitrogens with zero attached hydrogens (tertiary/aromatic N) is 9. The number of halogens is 3. The Morgan fingerprint density at radius 2 is 1.53 bits per heavy atom. The number of nitrogens with one attached hydrogen (secondary N) is 3. The number of rotatable bonds is 24. The minimum absolute atomic E-state index is 0.0164. The third-order valence-electron chi connectivity index (χ3n) is 20.1. The van der Waals surface area contributed by atoms with E-state index in [1.165, 1.54) is 40.5 Å². The summed E-state index contributed by atoms with van der Waals surface area (Å²) in [6.07, 6.45) is 17.5. The molecule has 8 heterocycles. The quantitative estimate of drug-likeness (QED) is 0.0281. The molecule has 7 atom stereocenters. The van der Waals surface area contributed by atoms with E-state index < -0.39 is 64.7 Å². The molecule has 3 aromatic heterocycles. The molecule has 5 amide bonds. The minimum Gasteiger partial charge on any atom is -0.508 e. The van der Waals surface area contributed by atoms with Crippen LogP contribution in [0.15, 0.2) is 60.2 Å². The molecule has 24 heteroatoms. The number of anilines is 1. The largest absolute Gasteiger partial charge is 0.508 e. The Kier molecular flexibility index (Phi) is 20.5. The average Bonchev–Trinajstić information content (AvgIpc) is 0.929. The second-order valence-corrected chi connectivity index (χ2v) is 29.0. The van der Waals surface area contributed by atoms with Crippen LogP contribution >= 0.6 is 11.3 Å². The number of piperazine rings is 2. The monoisotopic (exact) mass is 1340 g/mol. The Morgan fingerprint density at radius 3 is 2.20 bits per heavy atom. The van der Waals surface area contributed by atoms with Crippen LogP contribution in [-0.4, -0.2) is 187 Å². The molecule has 12 rings (SSSR count). The number of aromatic nitrogens is 4. The number of fused-ring (bicyclic) bond motifs is 4. The maximum absolute atomic E-state index is 17.1. The van der Waals surface area contributed by atoms with Crippen molar-refractivity contribution in [3.05, 3.63) is 88.7 Å². The van der Waals surface area contributed by atoms with Gasteiger partial charge in [-0.1, -0.05) is 95.5 Å². The van der Waals surface area contributed by atoms with E-state index in [1.807, 2.05) is 36.1 Å². The summed E-state index contributed by atoms with van der Waals surface area (Å²) in [6.45, 7) is 12.3. The number of hydrogen-bond acceptors (Lipinski definition) is 16. The Hall–Kier alpha value is -7.98. The fourth-order valence-corrected chi connectivity index (χ4v) is 15.3. The lowest BCUT2D eigenvalue weighted by molar-refractivity contribution is -0.145. The standard InChI is InChI=1S/C72H87F3N12O8S/c1-6-52-55(73)23-20-46-33-49(88)34-53(60(46)52)62-61(74)63-54(37-76-62)66(86-38-47-21-22-48(39-86)78-47)82-70(80-63)95-51-24-28-83(41-51)27-14-12-10-8-7-9-11-13-15-58(90)84-29-31-85(32-30-84)59(91)36-56(44-16-18-45(19-17-44)64-43(2)77-42-96-64)79-67(92)57-35-50(89)40-87(57)68(93)65(71(3,4)5)81-69(94)72(75)25-26-72/h1,16-20,23,33-34,37,42,47-48,50-51,56-57,65,78,88-89H,7-15,21-22,24-32,35-36,38-41H2,2-5H3,(H,79,92)(H,81,94)/t47?,48?,50-,51?,56+,57+,65-/m1/s1. The fraction of sp³-hybridized carbons (Fsp3) is 0.542. The van der Waals surface area contributed by atoms with Gasteiger partial charge in [-0.05, 0) is 98.5 Å². The predicted molar refractivity (Wildman–Crippen MR) is 361 cm³/mol. The van der Waals surface area contributed by atoms with E-state index >= 15 is 8.78 Å². The van der Waals surface area contributed by atoms with Crippen LogP contribution in [0.4, 0.5) is 19.0 Å². The fourth-order valence-electron chi connectivity index (χ4n) is 14.5. The molecule has 0 spiro atoms. The highest BCUT2D eigenvalue weighted by molar-refractivity contribution is 7.13. The maximum atomic E-state index is 17.1. The van der Waals surface area contributed by atoms with Crippen molar-refractivity contribution < 1.29 is 52.1 Å². The Morgan fingerprint density at radius 1 is 0.844 bits per heavy atom. The number of aliphatic hydroxyl groups excluding tert-OH is 1. The molecule has 1 saturated carbocycles. The van der Waals surface area contributed by atoms with Gasteiger partial charge in [0, 0.05) is 101 Å². The summed E-state index contributed by atoms with van der Waals surface area (Å²) >= 11 is 1.51. The molecule has 0 radical (unpaired) electrons. The van der Waals surface area contributed by atoms with Crippen molar-refractivity contribution in [2.45, 2.75) is 179 Å². The molecule has 6 aromatic rings. The van der Waals surface area contributed by atoms with Crippen LogP contribution < -0.4 is 25.6 Å². The van der Waals surface area contributed by atoms with E-state index in [9.17, 15) is 38.6 Å². The first-order chi connectivity index (χ1) is 46.1. The molecule has 2 bridgehead atoms. The van der Waals surface area contributed by atoms with Crippen LogP contribution in [0.25, 0.3) is 43.4 Å². The van der Waals surface area contributed by atoms with Crippen molar-refractivity contribution in [1.29, 1.82) is 0 Å². The van der Waals surface area contributed by atoms with Crippen molar-refractivity contribution in [3.63, 3.8) is 0 Å². The molecule has 5 N–H and O–H groups in total. The number of ether oxygens (including phenoxy) is 1. The molecule has 6 aliphatic rings. The second kappa shape index (κ2) is 29.0. The highest BCUT2D eigenvalue weighted by Gasteiger charge is 2.54. The zero-order valence-corrected chi connectivity index (χ0v) is 56.0. The number of aliphatic hydroxyl groups is 1. The van der Waals surface area contributed by atoms with Gasteiger partial charge in [-0.15, -0.1) is 17.8 Å². The Bertz CT molecular complexity index is 3910. The highest BCUT2D eigenvalue weighted by atomic mass is 32.1. The van der Waals surface area contributed by atoms with E-state index in [-0.39, 0.29) is 102 Å². The van der Waals surface area contributed by atoms with Gasteiger partial charge in [0.05, 0.1) is 45.6 Å². The predicted octanol–water partition coefficient (Wildman–Crippen LogP) is 9.06. The van der Waals surface area contributed by atoms with Crippen LogP contribution in [0, 0.1) is 36.3 Å². The molecule has 20 nitrogen and oxygen atoms in total. The summed E-state index contributed by atoms with van der Waals surface area (Å²) < 4.78 is 53.6. The van der Waals surface area contributed by atoms with Gasteiger partial charge < -0.3 is 50.5 Å². The summed E-state index contributed by atoms with van der Waals surface area (Å²) in [7, 11) is 0. The number of aromatic hydroxyl groups is 1. The number of unbranched alkanes of at least 4 members (excludes halogenated alkanes) is 7. The third-order valence-corrected chi connectivity index (χ3v) is 21.1. The smallest absolute Gasteiger partial charge is 0.319 e. The molecule has 3 unspecified atom stereocenters. The number of phenolic OH excluding ortho intramolecular Hbond substituents is 1. The van der Waals surface area contributed by atoms with Gasteiger partial charge in [0.25, 0.3) is 5.91 Å². The van der Waals surface area contributed by atoms with E-state index in [1.54, 1.807) is 37.4 Å². The van der Waals surface area contributed by atoms with Gasteiger partial charge in [0.1, 0.15) is 46.8 Å². The molecule has 5 aliphatic heterocycles. The summed E-state index contributed by atoms with van der Waals surface area (Å²) in [5.41, 5.74) is 1.35. The molecule has 96 heavy (non-hydrogen) atoms. The first kappa shape index (κ1) is 68.0. The first-order valence-corrected chi connectivity index (χ1v) is 35.0. The SMILES string of the molecule is C#Cc1c(F)ccc2cc(O)cc(-c3ncc4c(N5CC6CCC(C5)N6)nc(OC5CCN(CCCCCCCCCCC(=O)N6CCN(C(=O)C[C@H](NC(=O)[C@@H]7C[C@@H](O)CN7C(=O)[C@@H](NC(=O)C7(F)CC7)C(C)(C)C)c7ccc(-c8scnc8C)cc7)CC6)C5)nc4c3F)c12. The van der Waals surface area contributed by atoms with Gasteiger partial charge in [-0.25, -0.2) is 18.2 Å². The first-order valence-electron chi connectivity index (χ1n) is 34.1. The van der Waals surface area contributed by atoms with Gasteiger partial charge in [0.15, 0.2) is 11.5 Å². The number of pyridine rings is 1. The number of aryl methyl sites for hydroxylation is 1. The van der Waals surface area contributed by atoms with Crippen LogP contribution in [-0.2, 0) is 24.0 Å². The van der Waals surface area contributed by atoms with Gasteiger partial charge >= 0.3 is 6.01 Å². The number of hydrogen-bond donors (Lipinski definition) is 5. The third kappa shape index (κ3) is 15.2. The van der Waals surface area contributed by atoms with Crippen molar-refractivity contribution in [2.24, 2.45) is 5.41 Å². The van der Waals surface area contributed by atoms with Gasteiger partial charge in [0.2, 0.25) is 23.6 Å². The summed E-state index contributed by atoms with van der Waals surface area (Å²) in [4.78, 5) is 98.1. The summed E-state index contributed by atoms with van der Waals surface area (Å²) in [5.74, 6) is -0.774. The number of β-amino-alcohol motifs (C(OH)–C–C–N with tert-alkyl or cyclic N) is 1. The Balaban J connectivity index is 0.579. The van der Waals surface area contributed by atoms with E-state index in [0.29, 0.717) is 74.4 Å². The number of amides is 5. The maximum Gasteiger partial charge on any atom is 0.319 e. The van der Waals surface area contributed by atoms with Crippen LogP contribution in [0.3, 0.4) is 0 Å². The number of benzene rings is 3. The molecule has 1 aliphatic carbocycles. The molecular weight excluding hydrogens is 1250 g/mol. The highest BCUT2D eigenvalue weighted by Crippen LogP contribution is 2.42. The van der Waals surface area contributed by atoms with E-state index in [0.717, 1.165) is 99.9 Å². The van der Waals surface area contributed by atoms with Gasteiger partial charge in [-0.2, -0.15) is 9.97 Å². The zero-order valence-electron chi connectivity index (χ0n) is 55.2. The summed E-state index contributed by atoms with van der Waals surface area (Å²) in [6, 6.07) is 10.6. The number of phenols is 1. The number of carbonyl (C=O) groups is 5. The van der Waals surface area contributed by atoms with E-state index in [4.69, 9.17) is 16.1 Å². The molecule has 510 valence electrons. The van der Waals surface area contributed by atoms with Crippen molar-refractivity contribution in [2.75, 3.05) is 70.3 Å². The second-order valence-electron chi connectivity index (χ2n) is 28.2. The summed E-state index contributed by atoms with van der Waals surface area (Å²) in [5, 5.41) is 32.0. The molecule has 5 saturated heterocycles. The van der Waals surface area contributed by atoms with Crippen molar-refractivity contribution >= 4 is 68.4 Å². The van der Waals surface area contributed by atoms with Gasteiger partial charge in [-0.3, -0.25) is 33.9 Å². The lowest BCUT2D eigenvalue weighted by Gasteiger charge is -2.36. The average molecular weight is 1340 g/mol. The number of likely N-dealkylation sites (tertiary alicyclic amines) is 2. The lowest BCUT2D eigenvalue weighted by atomic mass is 9.85.